The zero-order valence-corrected chi connectivity index (χ0v) is 13.6. The predicted molar refractivity (Wildman–Crippen MR) is 78.8 cm³/mol. The summed E-state index contributed by atoms with van der Waals surface area (Å²) in [6.45, 7) is 4.19. The van der Waals surface area contributed by atoms with Gasteiger partial charge in [0.1, 0.15) is 12.2 Å². The Bertz CT molecular complexity index is 567. The average molecular weight is 317 g/mol. The molecule has 0 bridgehead atoms. The van der Waals surface area contributed by atoms with Crippen LogP contribution < -0.4 is 10.0 Å². The van der Waals surface area contributed by atoms with Gasteiger partial charge in [-0.1, -0.05) is 13.8 Å². The van der Waals surface area contributed by atoms with Crippen LogP contribution in [0, 0.1) is 5.92 Å². The monoisotopic (exact) mass is 317 g/mol. The second-order valence-corrected chi connectivity index (χ2v) is 7.24. The van der Waals surface area contributed by atoms with E-state index in [-0.39, 0.29) is 24.9 Å². The lowest BCUT2D eigenvalue weighted by Gasteiger charge is -2.19. The highest BCUT2D eigenvalue weighted by Crippen LogP contribution is 2.18. The minimum absolute atomic E-state index is 0.0812. The highest BCUT2D eigenvalue weighted by atomic mass is 32.2. The van der Waals surface area contributed by atoms with Crippen molar-refractivity contribution in [1.82, 2.24) is 24.8 Å². The molecule has 1 atom stereocenters. The van der Waals surface area contributed by atoms with E-state index in [2.05, 4.69) is 34.0 Å². The first-order valence-electron chi connectivity index (χ1n) is 6.77. The maximum Gasteiger partial charge on any atom is 0.221 e. The van der Waals surface area contributed by atoms with Crippen molar-refractivity contribution < 1.29 is 13.2 Å². The molecule has 0 aliphatic heterocycles. The normalized spacial score (nSPS) is 13.4. The first kappa shape index (κ1) is 17.6. The van der Waals surface area contributed by atoms with Crippen LogP contribution in [-0.4, -0.2) is 41.9 Å². The van der Waals surface area contributed by atoms with Gasteiger partial charge in [0.2, 0.25) is 15.9 Å². The third-order valence-electron chi connectivity index (χ3n) is 2.82. The molecule has 1 heterocycles. The Hall–Kier alpha value is -1.48. The van der Waals surface area contributed by atoms with E-state index in [1.54, 1.807) is 11.7 Å². The highest BCUT2D eigenvalue weighted by Gasteiger charge is 2.20. The molecule has 2 N–H and O–H groups in total. The Morgan fingerprint density at radius 3 is 2.57 bits per heavy atom. The second kappa shape index (κ2) is 7.51. The van der Waals surface area contributed by atoms with Crippen LogP contribution in [0.25, 0.3) is 0 Å². The van der Waals surface area contributed by atoms with E-state index < -0.39 is 10.0 Å². The summed E-state index contributed by atoms with van der Waals surface area (Å²) in [5, 5.41) is 6.89. The summed E-state index contributed by atoms with van der Waals surface area (Å²) in [4.78, 5) is 16.1. The van der Waals surface area contributed by atoms with Crippen LogP contribution in [-0.2, 0) is 21.9 Å². The Morgan fingerprint density at radius 1 is 1.43 bits per heavy atom. The molecule has 0 fully saturated rings. The van der Waals surface area contributed by atoms with Gasteiger partial charge in [-0.05, 0) is 12.3 Å². The molecule has 0 spiro atoms. The largest absolute Gasteiger partial charge is 0.346 e. The van der Waals surface area contributed by atoms with Gasteiger partial charge in [-0.25, -0.2) is 18.1 Å². The summed E-state index contributed by atoms with van der Waals surface area (Å²) in [6.07, 6.45) is 3.32. The number of carbonyl (C=O) groups is 1. The fourth-order valence-corrected chi connectivity index (χ4v) is 2.41. The van der Waals surface area contributed by atoms with E-state index in [9.17, 15) is 13.2 Å². The number of rotatable bonds is 8. The topological polar surface area (TPSA) is 106 Å². The third-order valence-corrected chi connectivity index (χ3v) is 3.55. The van der Waals surface area contributed by atoms with Crippen molar-refractivity contribution in [2.24, 2.45) is 13.0 Å². The molecule has 1 unspecified atom stereocenters. The van der Waals surface area contributed by atoms with Crippen LogP contribution in [0.1, 0.15) is 38.6 Å². The SMILES string of the molecule is CC(C)CC(NC(=O)CCNS(C)(=O)=O)c1ncnn1C. The van der Waals surface area contributed by atoms with E-state index in [0.29, 0.717) is 11.7 Å². The summed E-state index contributed by atoms with van der Waals surface area (Å²) < 4.78 is 25.8. The lowest BCUT2D eigenvalue weighted by atomic mass is 10.0. The van der Waals surface area contributed by atoms with Crippen LogP contribution in [0.3, 0.4) is 0 Å². The van der Waals surface area contributed by atoms with Gasteiger partial charge in [0.15, 0.2) is 0 Å². The van der Waals surface area contributed by atoms with E-state index in [0.717, 1.165) is 12.7 Å². The Kier molecular flexibility index (Phi) is 6.28. The molecule has 9 heteroatoms. The lowest BCUT2D eigenvalue weighted by Crippen LogP contribution is -2.34. The molecule has 1 aromatic heterocycles. The van der Waals surface area contributed by atoms with E-state index in [4.69, 9.17) is 0 Å². The molecule has 120 valence electrons. The van der Waals surface area contributed by atoms with Crippen LogP contribution in [0.2, 0.25) is 0 Å². The lowest BCUT2D eigenvalue weighted by molar-refractivity contribution is -0.121. The molecule has 8 nitrogen and oxygen atoms in total. The minimum atomic E-state index is -3.27. The second-order valence-electron chi connectivity index (χ2n) is 5.41. The number of hydrogen-bond acceptors (Lipinski definition) is 5. The number of nitrogens with one attached hydrogen (secondary N) is 2. The molecule has 1 amide bonds. The molecule has 1 aromatic rings. The third kappa shape index (κ3) is 6.67. The zero-order valence-electron chi connectivity index (χ0n) is 12.8. The van der Waals surface area contributed by atoms with E-state index >= 15 is 0 Å². The minimum Gasteiger partial charge on any atom is -0.346 e. The van der Waals surface area contributed by atoms with Gasteiger partial charge in [-0.15, -0.1) is 0 Å². The number of hydrogen-bond donors (Lipinski definition) is 2. The molecule has 21 heavy (non-hydrogen) atoms. The quantitative estimate of drug-likeness (QED) is 0.699. The molecule has 0 saturated heterocycles. The molecule has 0 radical (unpaired) electrons. The summed E-state index contributed by atoms with van der Waals surface area (Å²) in [5.41, 5.74) is 0. The van der Waals surface area contributed by atoms with Crippen molar-refractivity contribution in [1.29, 1.82) is 0 Å². The molecule has 0 aliphatic rings. The number of amides is 1. The fraction of sp³-hybridized carbons (Fsp3) is 0.750. The van der Waals surface area contributed by atoms with E-state index in [1.807, 2.05) is 0 Å². The fourth-order valence-electron chi connectivity index (χ4n) is 1.94. The van der Waals surface area contributed by atoms with E-state index in [1.165, 1.54) is 6.33 Å². The smallest absolute Gasteiger partial charge is 0.221 e. The Morgan fingerprint density at radius 2 is 2.10 bits per heavy atom. The predicted octanol–water partition coefficient (Wildman–Crippen LogP) is -0.0422. The first-order chi connectivity index (χ1) is 9.69. The van der Waals surface area contributed by atoms with Gasteiger partial charge in [-0.3, -0.25) is 9.48 Å². The van der Waals surface area contributed by atoms with Gasteiger partial charge in [0.05, 0.1) is 12.3 Å². The summed E-state index contributed by atoms with van der Waals surface area (Å²) >= 11 is 0. The maximum absolute atomic E-state index is 11.9. The first-order valence-corrected chi connectivity index (χ1v) is 8.66. The van der Waals surface area contributed by atoms with Gasteiger partial charge >= 0.3 is 0 Å². The van der Waals surface area contributed by atoms with Crippen molar-refractivity contribution in [3.63, 3.8) is 0 Å². The Labute approximate surface area is 125 Å². The number of nitrogens with zero attached hydrogens (tertiary/aromatic N) is 3. The Balaban J connectivity index is 2.61. The van der Waals surface area contributed by atoms with Gasteiger partial charge in [-0.2, -0.15) is 5.10 Å². The van der Waals surface area contributed by atoms with Crippen molar-refractivity contribution in [2.45, 2.75) is 32.7 Å². The van der Waals surface area contributed by atoms with Crippen molar-refractivity contribution >= 4 is 15.9 Å². The van der Waals surface area contributed by atoms with Gasteiger partial charge in [0.25, 0.3) is 0 Å². The standard InChI is InChI=1S/C12H23N5O3S/c1-9(2)7-10(12-13-8-14-17(12)3)16-11(18)5-6-15-21(4,19)20/h8-10,15H,5-7H2,1-4H3,(H,16,18). The molecule has 0 saturated carbocycles. The number of aromatic nitrogens is 3. The summed E-state index contributed by atoms with van der Waals surface area (Å²) in [5.74, 6) is 0.842. The number of aryl methyl sites for hydroxylation is 1. The van der Waals surface area contributed by atoms with Gasteiger partial charge in [0, 0.05) is 20.0 Å². The summed E-state index contributed by atoms with van der Waals surface area (Å²) in [7, 11) is -1.50. The zero-order chi connectivity index (χ0) is 16.0. The number of carbonyl (C=O) groups excluding carboxylic acids is 1. The van der Waals surface area contributed by atoms with Crippen LogP contribution in [0.4, 0.5) is 0 Å². The molecule has 1 rings (SSSR count). The number of sulfonamides is 1. The maximum atomic E-state index is 11.9. The molecular formula is C12H23N5O3S. The van der Waals surface area contributed by atoms with Crippen LogP contribution in [0.15, 0.2) is 6.33 Å². The van der Waals surface area contributed by atoms with Crippen molar-refractivity contribution in [3.8, 4) is 0 Å². The molecular weight excluding hydrogens is 294 g/mol. The van der Waals surface area contributed by atoms with Gasteiger partial charge < -0.3 is 5.32 Å². The molecule has 0 aliphatic carbocycles. The molecule has 0 aromatic carbocycles. The van der Waals surface area contributed by atoms with Crippen LogP contribution in [0.5, 0.6) is 0 Å². The summed E-state index contributed by atoms with van der Waals surface area (Å²) in [6, 6.07) is -0.233. The highest BCUT2D eigenvalue weighted by molar-refractivity contribution is 7.88. The van der Waals surface area contributed by atoms with Crippen LogP contribution >= 0.6 is 0 Å². The van der Waals surface area contributed by atoms with Crippen molar-refractivity contribution in [2.75, 3.05) is 12.8 Å². The van der Waals surface area contributed by atoms with Crippen molar-refractivity contribution in [3.05, 3.63) is 12.2 Å². The average Bonchev–Trinajstić information content (AvgIpc) is 2.72.